The average Bonchev–Trinajstić information content (AvgIpc) is 3.15. The molecule has 6 nitrogen and oxygen atoms in total. The van der Waals surface area contributed by atoms with Crippen molar-refractivity contribution in [3.05, 3.63) is 42.2 Å². The van der Waals surface area contributed by atoms with E-state index in [0.29, 0.717) is 6.20 Å². The molecule has 0 atom stereocenters. The number of pyridine rings is 1. The van der Waals surface area contributed by atoms with E-state index in [1.165, 1.54) is 23.3 Å². The summed E-state index contributed by atoms with van der Waals surface area (Å²) >= 11 is 0. The molecule has 0 unspecified atom stereocenters. The van der Waals surface area contributed by atoms with Crippen LogP contribution < -0.4 is 5.32 Å². The van der Waals surface area contributed by atoms with Crippen LogP contribution in [-0.2, 0) is 10.9 Å². The van der Waals surface area contributed by atoms with Crippen LogP contribution in [-0.4, -0.2) is 39.7 Å². The van der Waals surface area contributed by atoms with Gasteiger partial charge in [-0.2, -0.15) is 13.2 Å². The topological polar surface area (TPSA) is 69.0 Å². The maximum atomic E-state index is 13.0. The van der Waals surface area contributed by atoms with Crippen LogP contribution in [0.1, 0.15) is 41.7 Å². The maximum absolute atomic E-state index is 13.0. The van der Waals surface area contributed by atoms with Crippen molar-refractivity contribution in [3.8, 4) is 5.69 Å². The van der Waals surface area contributed by atoms with Crippen molar-refractivity contribution < 1.29 is 22.7 Å². The Bertz CT molecular complexity index is 754. The molecule has 26 heavy (non-hydrogen) atoms. The number of ether oxygens (including phenoxy) is 1. The van der Waals surface area contributed by atoms with E-state index in [1.807, 2.05) is 0 Å². The van der Waals surface area contributed by atoms with Gasteiger partial charge in [-0.25, -0.2) is 9.97 Å². The number of hydrogen-bond acceptors (Lipinski definition) is 4. The van der Waals surface area contributed by atoms with E-state index in [2.05, 4.69) is 15.3 Å². The van der Waals surface area contributed by atoms with Crippen molar-refractivity contribution in [2.75, 3.05) is 7.11 Å². The van der Waals surface area contributed by atoms with E-state index in [0.717, 1.165) is 31.7 Å². The molecular formula is C17H19F3N4O2. The van der Waals surface area contributed by atoms with Gasteiger partial charge in [0, 0.05) is 31.7 Å². The fourth-order valence-electron chi connectivity index (χ4n) is 3.08. The SMILES string of the molecule is COC1CCC(NC(=O)c2ncc(C(F)(F)F)cc2-n2ccnc2)CC1. The molecule has 3 rings (SSSR count). The number of halogens is 3. The molecule has 0 saturated heterocycles. The summed E-state index contributed by atoms with van der Waals surface area (Å²) in [6.07, 6.45) is 3.72. The van der Waals surface area contributed by atoms with Gasteiger partial charge in [-0.3, -0.25) is 4.79 Å². The molecule has 1 aliphatic rings. The largest absolute Gasteiger partial charge is 0.417 e. The van der Waals surface area contributed by atoms with Crippen LogP contribution in [0.25, 0.3) is 5.69 Å². The molecule has 0 spiro atoms. The third-order valence-electron chi connectivity index (χ3n) is 4.54. The van der Waals surface area contributed by atoms with E-state index in [-0.39, 0.29) is 23.5 Å². The van der Waals surface area contributed by atoms with Gasteiger partial charge in [-0.15, -0.1) is 0 Å². The van der Waals surface area contributed by atoms with Gasteiger partial charge in [0.05, 0.1) is 23.7 Å². The number of alkyl halides is 3. The molecule has 1 amide bonds. The number of carbonyl (C=O) groups is 1. The molecule has 0 radical (unpaired) electrons. The highest BCUT2D eigenvalue weighted by Crippen LogP contribution is 2.31. The third kappa shape index (κ3) is 4.04. The fourth-order valence-corrected chi connectivity index (χ4v) is 3.08. The standard InChI is InChI=1S/C17H19F3N4O2/c1-26-13-4-2-12(3-5-13)23-16(25)15-14(24-7-6-21-10-24)8-11(9-22-15)17(18,19)20/h6-10,12-13H,2-5H2,1H3,(H,23,25). The van der Waals surface area contributed by atoms with Gasteiger partial charge in [0.2, 0.25) is 0 Å². The second-order valence-electron chi connectivity index (χ2n) is 6.24. The summed E-state index contributed by atoms with van der Waals surface area (Å²) in [7, 11) is 1.66. The molecule has 1 N–H and O–H groups in total. The summed E-state index contributed by atoms with van der Waals surface area (Å²) in [5.41, 5.74) is -0.941. The van der Waals surface area contributed by atoms with E-state index < -0.39 is 17.6 Å². The minimum absolute atomic E-state index is 0.0420. The van der Waals surface area contributed by atoms with Crippen molar-refractivity contribution in [1.29, 1.82) is 0 Å². The van der Waals surface area contributed by atoms with Gasteiger partial charge < -0.3 is 14.6 Å². The molecule has 2 heterocycles. The van der Waals surface area contributed by atoms with Crippen molar-refractivity contribution in [3.63, 3.8) is 0 Å². The Hall–Kier alpha value is -2.42. The Kier molecular flexibility index (Phi) is 5.26. The summed E-state index contributed by atoms with van der Waals surface area (Å²) in [4.78, 5) is 20.2. The Morgan fingerprint density at radius 2 is 2.04 bits per heavy atom. The molecular weight excluding hydrogens is 349 g/mol. The number of rotatable bonds is 4. The van der Waals surface area contributed by atoms with Crippen LogP contribution in [0, 0.1) is 0 Å². The molecule has 0 aromatic carbocycles. The van der Waals surface area contributed by atoms with Gasteiger partial charge >= 0.3 is 6.18 Å². The van der Waals surface area contributed by atoms with Crippen LogP contribution in [0.15, 0.2) is 31.0 Å². The first-order valence-electron chi connectivity index (χ1n) is 8.27. The van der Waals surface area contributed by atoms with E-state index in [1.54, 1.807) is 7.11 Å². The Morgan fingerprint density at radius 3 is 2.62 bits per heavy atom. The highest BCUT2D eigenvalue weighted by atomic mass is 19.4. The first-order valence-corrected chi connectivity index (χ1v) is 8.27. The minimum atomic E-state index is -4.55. The van der Waals surface area contributed by atoms with Gasteiger partial charge in [0.25, 0.3) is 5.91 Å². The normalized spacial score (nSPS) is 20.8. The van der Waals surface area contributed by atoms with Gasteiger partial charge in [0.1, 0.15) is 0 Å². The molecule has 9 heteroatoms. The number of methoxy groups -OCH3 is 1. The number of amides is 1. The van der Waals surface area contributed by atoms with Crippen LogP contribution in [0.5, 0.6) is 0 Å². The highest BCUT2D eigenvalue weighted by Gasteiger charge is 2.33. The number of carbonyl (C=O) groups excluding carboxylic acids is 1. The van der Waals surface area contributed by atoms with Gasteiger partial charge in [-0.05, 0) is 31.7 Å². The van der Waals surface area contributed by atoms with Crippen molar-refractivity contribution in [2.45, 2.75) is 44.0 Å². The smallest absolute Gasteiger partial charge is 0.381 e. The Morgan fingerprint density at radius 1 is 1.31 bits per heavy atom. The van der Waals surface area contributed by atoms with Crippen LogP contribution in [0.3, 0.4) is 0 Å². The fraction of sp³-hybridized carbons (Fsp3) is 0.471. The zero-order valence-electron chi connectivity index (χ0n) is 14.2. The predicted molar refractivity (Wildman–Crippen MR) is 86.9 cm³/mol. The molecule has 0 bridgehead atoms. The maximum Gasteiger partial charge on any atom is 0.417 e. The summed E-state index contributed by atoms with van der Waals surface area (Å²) in [6, 6.07) is 0.861. The number of nitrogens with one attached hydrogen (secondary N) is 1. The Labute approximate surface area is 148 Å². The second kappa shape index (κ2) is 7.45. The van der Waals surface area contributed by atoms with E-state index in [9.17, 15) is 18.0 Å². The van der Waals surface area contributed by atoms with Gasteiger partial charge in [-0.1, -0.05) is 0 Å². The van der Waals surface area contributed by atoms with Crippen LogP contribution >= 0.6 is 0 Å². The van der Waals surface area contributed by atoms with E-state index in [4.69, 9.17) is 4.74 Å². The molecule has 0 aliphatic heterocycles. The predicted octanol–water partition coefficient (Wildman–Crippen LogP) is 2.97. The third-order valence-corrected chi connectivity index (χ3v) is 4.54. The second-order valence-corrected chi connectivity index (χ2v) is 6.24. The molecule has 1 saturated carbocycles. The zero-order valence-corrected chi connectivity index (χ0v) is 14.2. The first-order chi connectivity index (χ1) is 12.4. The summed E-state index contributed by atoms with van der Waals surface area (Å²) in [6.45, 7) is 0. The molecule has 1 fully saturated rings. The first kappa shape index (κ1) is 18.4. The molecule has 140 valence electrons. The summed E-state index contributed by atoms with van der Waals surface area (Å²) < 4.78 is 45.7. The van der Waals surface area contributed by atoms with Gasteiger partial charge in [0.15, 0.2) is 5.69 Å². The quantitative estimate of drug-likeness (QED) is 0.901. The number of hydrogen-bond donors (Lipinski definition) is 1. The number of imidazole rings is 1. The lowest BCUT2D eigenvalue weighted by Gasteiger charge is -2.28. The molecule has 1 aliphatic carbocycles. The number of nitrogens with zero attached hydrogens (tertiary/aromatic N) is 3. The summed E-state index contributed by atoms with van der Waals surface area (Å²) in [5.74, 6) is -0.497. The van der Waals surface area contributed by atoms with E-state index >= 15 is 0 Å². The highest BCUT2D eigenvalue weighted by molar-refractivity contribution is 5.96. The van der Waals surface area contributed by atoms with Crippen LogP contribution in [0.2, 0.25) is 0 Å². The average molecular weight is 368 g/mol. The van der Waals surface area contributed by atoms with Crippen LogP contribution in [0.4, 0.5) is 13.2 Å². The lowest BCUT2D eigenvalue weighted by Crippen LogP contribution is -2.39. The lowest BCUT2D eigenvalue weighted by atomic mass is 9.93. The van der Waals surface area contributed by atoms with Crippen molar-refractivity contribution in [1.82, 2.24) is 19.9 Å². The van der Waals surface area contributed by atoms with Crippen molar-refractivity contribution >= 4 is 5.91 Å². The lowest BCUT2D eigenvalue weighted by molar-refractivity contribution is -0.137. The molecule has 2 aromatic rings. The monoisotopic (exact) mass is 368 g/mol. The number of aromatic nitrogens is 3. The van der Waals surface area contributed by atoms with Crippen molar-refractivity contribution in [2.24, 2.45) is 0 Å². The Balaban J connectivity index is 1.83. The molecule has 2 aromatic heterocycles. The summed E-state index contributed by atoms with van der Waals surface area (Å²) in [5, 5.41) is 2.87. The zero-order chi connectivity index (χ0) is 18.7. The minimum Gasteiger partial charge on any atom is -0.381 e.